The summed E-state index contributed by atoms with van der Waals surface area (Å²) in [6, 6.07) is 1.86. The summed E-state index contributed by atoms with van der Waals surface area (Å²) < 4.78 is 7.70. The number of aliphatic hydroxyl groups excluding tert-OH is 1. The molecule has 2 atom stereocenters. The van der Waals surface area contributed by atoms with Gasteiger partial charge in [-0.15, -0.1) is 0 Å². The van der Waals surface area contributed by atoms with E-state index in [0.717, 1.165) is 25.1 Å². The Morgan fingerprint density at radius 2 is 2.41 bits per heavy atom. The van der Waals surface area contributed by atoms with Gasteiger partial charge >= 0.3 is 6.03 Å². The largest absolute Gasteiger partial charge is 0.394 e. The lowest BCUT2D eigenvalue weighted by atomic mass is 10.0. The third-order valence-corrected chi connectivity index (χ3v) is 4.24. The van der Waals surface area contributed by atoms with Crippen molar-refractivity contribution >= 4 is 6.03 Å². The number of nitrogens with zero attached hydrogens (tertiary/aromatic N) is 3. The van der Waals surface area contributed by atoms with Gasteiger partial charge in [0.25, 0.3) is 0 Å². The summed E-state index contributed by atoms with van der Waals surface area (Å²) in [4.78, 5) is 14.3. The molecule has 2 unspecified atom stereocenters. The second-order valence-corrected chi connectivity index (χ2v) is 6.69. The molecule has 3 heterocycles. The van der Waals surface area contributed by atoms with Crippen molar-refractivity contribution in [3.05, 3.63) is 18.0 Å². The number of aromatic nitrogens is 2. The van der Waals surface area contributed by atoms with Gasteiger partial charge in [0.2, 0.25) is 0 Å². The Bertz CT molecular complexity index is 543. The number of ether oxygens (including phenoxy) is 1. The second kappa shape index (κ2) is 5.89. The van der Waals surface area contributed by atoms with Gasteiger partial charge in [-0.25, -0.2) is 4.79 Å². The molecular formula is C15H24N4O3. The molecule has 122 valence electrons. The van der Waals surface area contributed by atoms with Gasteiger partial charge in [0.15, 0.2) is 0 Å². The van der Waals surface area contributed by atoms with Crippen LogP contribution >= 0.6 is 0 Å². The van der Waals surface area contributed by atoms with Crippen molar-refractivity contribution < 1.29 is 14.6 Å². The molecule has 7 heteroatoms. The van der Waals surface area contributed by atoms with Crippen LogP contribution in [0.25, 0.3) is 0 Å². The van der Waals surface area contributed by atoms with Crippen molar-refractivity contribution in [2.24, 2.45) is 0 Å². The normalized spacial score (nSPS) is 27.3. The predicted octanol–water partition coefficient (Wildman–Crippen LogP) is 0.899. The van der Waals surface area contributed by atoms with Gasteiger partial charge < -0.3 is 20.1 Å². The highest BCUT2D eigenvalue weighted by atomic mass is 16.5. The van der Waals surface area contributed by atoms with Gasteiger partial charge in [0.1, 0.15) is 0 Å². The van der Waals surface area contributed by atoms with Gasteiger partial charge in [0, 0.05) is 12.7 Å². The Kier molecular flexibility index (Phi) is 4.10. The molecular weight excluding hydrogens is 284 g/mol. The summed E-state index contributed by atoms with van der Waals surface area (Å²) >= 11 is 0. The summed E-state index contributed by atoms with van der Waals surface area (Å²) in [5, 5.41) is 16.7. The highest BCUT2D eigenvalue weighted by Gasteiger charge is 2.36. The SMILES string of the molecule is CC1(C)CN(C(=O)NC2CCCn3nccc32)CC(CO)O1. The van der Waals surface area contributed by atoms with E-state index in [1.54, 1.807) is 11.1 Å². The topological polar surface area (TPSA) is 79.6 Å². The first kappa shape index (κ1) is 15.3. The standard InChI is InChI=1S/C15H24N4O3/c1-15(2)10-18(8-11(9-20)22-15)14(21)17-12-4-3-7-19-13(12)5-6-16-19/h5-6,11-12,20H,3-4,7-10H2,1-2H3,(H,17,21). The van der Waals surface area contributed by atoms with E-state index in [1.165, 1.54) is 0 Å². The third-order valence-electron chi connectivity index (χ3n) is 4.24. The minimum atomic E-state index is -0.447. The molecule has 3 rings (SSSR count). The Morgan fingerprint density at radius 1 is 1.59 bits per heavy atom. The first-order valence-electron chi connectivity index (χ1n) is 7.84. The maximum atomic E-state index is 12.6. The van der Waals surface area contributed by atoms with Crippen LogP contribution in [-0.4, -0.2) is 57.2 Å². The number of hydrogen-bond acceptors (Lipinski definition) is 4. The Balaban J connectivity index is 1.67. The first-order valence-corrected chi connectivity index (χ1v) is 7.84. The monoisotopic (exact) mass is 308 g/mol. The van der Waals surface area contributed by atoms with Crippen LogP contribution < -0.4 is 5.32 Å². The maximum absolute atomic E-state index is 12.6. The molecule has 0 radical (unpaired) electrons. The van der Waals surface area contributed by atoms with Crippen LogP contribution in [0.2, 0.25) is 0 Å². The van der Waals surface area contributed by atoms with Crippen LogP contribution in [-0.2, 0) is 11.3 Å². The first-order chi connectivity index (χ1) is 10.5. The van der Waals surface area contributed by atoms with Crippen molar-refractivity contribution in [3.63, 3.8) is 0 Å². The number of aliphatic hydroxyl groups is 1. The van der Waals surface area contributed by atoms with Crippen LogP contribution in [0.3, 0.4) is 0 Å². The Hall–Kier alpha value is -1.60. The Labute approximate surface area is 130 Å². The fourth-order valence-corrected chi connectivity index (χ4v) is 3.35. The zero-order chi connectivity index (χ0) is 15.7. The number of amides is 2. The van der Waals surface area contributed by atoms with Crippen LogP contribution in [0, 0.1) is 0 Å². The molecule has 2 N–H and O–H groups in total. The average Bonchev–Trinajstić information content (AvgIpc) is 2.95. The average molecular weight is 308 g/mol. The van der Waals surface area contributed by atoms with Crippen molar-refractivity contribution in [3.8, 4) is 0 Å². The van der Waals surface area contributed by atoms with Crippen LogP contribution in [0.5, 0.6) is 0 Å². The van der Waals surface area contributed by atoms with Crippen molar-refractivity contribution in [2.45, 2.75) is 51.0 Å². The van der Waals surface area contributed by atoms with E-state index in [-0.39, 0.29) is 24.8 Å². The number of carbonyl (C=O) groups is 1. The number of rotatable bonds is 2. The molecule has 1 aromatic heterocycles. The predicted molar refractivity (Wildman–Crippen MR) is 80.3 cm³/mol. The highest BCUT2D eigenvalue weighted by Crippen LogP contribution is 2.25. The molecule has 2 aliphatic rings. The van der Waals surface area contributed by atoms with E-state index in [4.69, 9.17) is 4.74 Å². The lowest BCUT2D eigenvalue weighted by molar-refractivity contribution is -0.138. The molecule has 2 aliphatic heterocycles. The summed E-state index contributed by atoms with van der Waals surface area (Å²) in [7, 11) is 0. The minimum Gasteiger partial charge on any atom is -0.394 e. The lowest BCUT2D eigenvalue weighted by Gasteiger charge is -2.42. The molecule has 0 aromatic carbocycles. The molecule has 2 amide bonds. The maximum Gasteiger partial charge on any atom is 0.318 e. The highest BCUT2D eigenvalue weighted by molar-refractivity contribution is 5.75. The zero-order valence-electron chi connectivity index (χ0n) is 13.2. The van der Waals surface area contributed by atoms with Crippen molar-refractivity contribution in [1.29, 1.82) is 0 Å². The Morgan fingerprint density at radius 3 is 3.18 bits per heavy atom. The fraction of sp³-hybridized carbons (Fsp3) is 0.733. The summed E-state index contributed by atoms with van der Waals surface area (Å²) in [6.07, 6.45) is 3.38. The summed E-state index contributed by atoms with van der Waals surface area (Å²) in [6.45, 7) is 5.63. The van der Waals surface area contributed by atoms with Gasteiger partial charge in [-0.3, -0.25) is 4.68 Å². The second-order valence-electron chi connectivity index (χ2n) is 6.69. The van der Waals surface area contributed by atoms with E-state index in [2.05, 4.69) is 10.4 Å². The molecule has 22 heavy (non-hydrogen) atoms. The molecule has 1 aromatic rings. The molecule has 1 fully saturated rings. The number of urea groups is 1. The van der Waals surface area contributed by atoms with Crippen molar-refractivity contribution in [2.75, 3.05) is 19.7 Å². The van der Waals surface area contributed by atoms with E-state index in [9.17, 15) is 9.90 Å². The summed E-state index contributed by atoms with van der Waals surface area (Å²) in [5.41, 5.74) is 0.614. The number of carbonyl (C=O) groups excluding carboxylic acids is 1. The van der Waals surface area contributed by atoms with Crippen LogP contribution in [0.1, 0.15) is 38.4 Å². The number of morpholine rings is 1. The lowest BCUT2D eigenvalue weighted by Crippen LogP contribution is -2.58. The van der Waals surface area contributed by atoms with E-state index in [0.29, 0.717) is 13.1 Å². The number of nitrogens with one attached hydrogen (secondary N) is 1. The zero-order valence-corrected chi connectivity index (χ0v) is 13.2. The molecule has 7 nitrogen and oxygen atoms in total. The third kappa shape index (κ3) is 3.10. The molecule has 0 aliphatic carbocycles. The molecule has 0 spiro atoms. The summed E-state index contributed by atoms with van der Waals surface area (Å²) in [5.74, 6) is 0. The molecule has 0 saturated carbocycles. The van der Waals surface area contributed by atoms with Crippen LogP contribution in [0.15, 0.2) is 12.3 Å². The van der Waals surface area contributed by atoms with Crippen LogP contribution in [0.4, 0.5) is 4.79 Å². The van der Waals surface area contributed by atoms with Gasteiger partial charge in [-0.2, -0.15) is 5.10 Å². The fourth-order valence-electron chi connectivity index (χ4n) is 3.35. The smallest absolute Gasteiger partial charge is 0.318 e. The number of fused-ring (bicyclic) bond motifs is 1. The van der Waals surface area contributed by atoms with Crippen molar-refractivity contribution in [1.82, 2.24) is 20.0 Å². The molecule has 1 saturated heterocycles. The van der Waals surface area contributed by atoms with Gasteiger partial charge in [-0.1, -0.05) is 0 Å². The van der Waals surface area contributed by atoms with E-state index >= 15 is 0 Å². The molecule has 0 bridgehead atoms. The van der Waals surface area contributed by atoms with E-state index < -0.39 is 5.60 Å². The van der Waals surface area contributed by atoms with Gasteiger partial charge in [0.05, 0.1) is 43.1 Å². The number of hydrogen-bond donors (Lipinski definition) is 2. The number of aryl methyl sites for hydroxylation is 1. The quantitative estimate of drug-likeness (QED) is 0.851. The van der Waals surface area contributed by atoms with Gasteiger partial charge in [-0.05, 0) is 32.8 Å². The minimum absolute atomic E-state index is 0.00211. The van der Waals surface area contributed by atoms with E-state index in [1.807, 2.05) is 24.6 Å².